The lowest BCUT2D eigenvalue weighted by Crippen LogP contribution is -2.54. The molecule has 1 aliphatic heterocycles. The van der Waals surface area contributed by atoms with Crippen LogP contribution in [-0.2, 0) is 23.0 Å². The van der Waals surface area contributed by atoms with Crippen molar-refractivity contribution in [3.8, 4) is 0 Å². The molecule has 3 aromatic carbocycles. The monoisotopic (exact) mass is 454 g/mol. The molecule has 0 saturated carbocycles. The average molecular weight is 455 g/mol. The Morgan fingerprint density at radius 1 is 0.879 bits per heavy atom. The minimum Gasteiger partial charge on any atom is -0.401 e. The largest absolute Gasteiger partial charge is 0.401 e. The molecule has 168 valence electrons. The van der Waals surface area contributed by atoms with E-state index in [4.69, 9.17) is 9.52 Å². The van der Waals surface area contributed by atoms with Crippen LogP contribution >= 0.6 is 0 Å². The van der Waals surface area contributed by atoms with Crippen molar-refractivity contribution in [1.82, 2.24) is 9.78 Å². The SMILES string of the molecule is C[Si](C)(C)OC(c1ccccc1)(c1ccccc1)[C@@H]1CCc2nn(Cc3ccccc3)c[n+]21. The van der Waals surface area contributed by atoms with Gasteiger partial charge in [-0.05, 0) is 42.8 Å². The van der Waals surface area contributed by atoms with Crippen LogP contribution in [0.4, 0.5) is 0 Å². The first-order chi connectivity index (χ1) is 16.0. The molecule has 1 aliphatic rings. The smallest absolute Gasteiger partial charge is 0.277 e. The van der Waals surface area contributed by atoms with Crippen molar-refractivity contribution in [3.05, 3.63) is 120 Å². The number of benzene rings is 3. The Bertz CT molecular complexity index is 1160. The highest BCUT2D eigenvalue weighted by Crippen LogP contribution is 2.46. The van der Waals surface area contributed by atoms with E-state index in [1.165, 1.54) is 16.7 Å². The zero-order chi connectivity index (χ0) is 22.9. The summed E-state index contributed by atoms with van der Waals surface area (Å²) in [6.07, 6.45) is 4.14. The molecule has 0 spiro atoms. The highest BCUT2D eigenvalue weighted by molar-refractivity contribution is 6.69. The van der Waals surface area contributed by atoms with E-state index >= 15 is 0 Å². The summed E-state index contributed by atoms with van der Waals surface area (Å²) < 4.78 is 11.7. The van der Waals surface area contributed by atoms with Crippen molar-refractivity contribution in [2.24, 2.45) is 0 Å². The number of hydrogen-bond donors (Lipinski definition) is 0. The minimum atomic E-state index is -1.94. The first-order valence-electron chi connectivity index (χ1n) is 11.8. The van der Waals surface area contributed by atoms with Crippen LogP contribution in [0.25, 0.3) is 0 Å². The topological polar surface area (TPSA) is 30.9 Å². The van der Waals surface area contributed by atoms with Gasteiger partial charge in [-0.2, -0.15) is 0 Å². The van der Waals surface area contributed by atoms with Gasteiger partial charge in [-0.3, -0.25) is 0 Å². The highest BCUT2D eigenvalue weighted by Gasteiger charge is 2.52. The van der Waals surface area contributed by atoms with E-state index in [1.807, 2.05) is 0 Å². The Kier molecular flexibility index (Phi) is 5.77. The summed E-state index contributed by atoms with van der Waals surface area (Å²) in [5.41, 5.74) is 3.11. The van der Waals surface area contributed by atoms with Gasteiger partial charge in [-0.15, -0.1) is 4.68 Å². The summed E-state index contributed by atoms with van der Waals surface area (Å²) in [6.45, 7) is 7.62. The Morgan fingerprint density at radius 3 is 1.97 bits per heavy atom. The van der Waals surface area contributed by atoms with Gasteiger partial charge in [0, 0.05) is 11.5 Å². The third-order valence-corrected chi connectivity index (χ3v) is 7.24. The van der Waals surface area contributed by atoms with Crippen molar-refractivity contribution < 1.29 is 8.99 Å². The van der Waals surface area contributed by atoms with Gasteiger partial charge in [0.1, 0.15) is 18.2 Å². The molecular formula is C28H32N3OSi+. The van der Waals surface area contributed by atoms with Gasteiger partial charge in [0.15, 0.2) is 8.32 Å². The molecule has 1 atom stereocenters. The van der Waals surface area contributed by atoms with Crippen LogP contribution in [0.3, 0.4) is 0 Å². The standard InChI is InChI=1S/C28H32N3OSi/c1-33(2,3)32-28(24-15-9-5-10-16-24,25-17-11-6-12-18-25)26-19-20-27-29-30(22-31(26)27)21-23-13-7-4-8-14-23/h4-18,22,26H,19-21H2,1-3H3/q+1/t26-/m0/s1. The predicted molar refractivity (Wildman–Crippen MR) is 133 cm³/mol. The van der Waals surface area contributed by atoms with Gasteiger partial charge in [-0.25, -0.2) is 4.57 Å². The summed E-state index contributed by atoms with van der Waals surface area (Å²) >= 11 is 0. The fraction of sp³-hybridized carbons (Fsp3) is 0.286. The van der Waals surface area contributed by atoms with Crippen LogP contribution < -0.4 is 4.57 Å². The number of rotatable bonds is 7. The quantitative estimate of drug-likeness (QED) is 0.273. The van der Waals surface area contributed by atoms with Gasteiger partial charge in [0.05, 0.1) is 0 Å². The van der Waals surface area contributed by atoms with Crippen LogP contribution in [0.15, 0.2) is 97.3 Å². The van der Waals surface area contributed by atoms with E-state index in [0.717, 1.165) is 25.2 Å². The van der Waals surface area contributed by atoms with E-state index in [-0.39, 0.29) is 6.04 Å². The lowest BCUT2D eigenvalue weighted by Gasteiger charge is -2.43. The second-order valence-corrected chi connectivity index (χ2v) is 14.3. The Labute approximate surface area is 197 Å². The van der Waals surface area contributed by atoms with Crippen molar-refractivity contribution in [1.29, 1.82) is 0 Å². The maximum absolute atomic E-state index is 7.25. The first-order valence-corrected chi connectivity index (χ1v) is 15.2. The highest BCUT2D eigenvalue weighted by atomic mass is 28.4. The van der Waals surface area contributed by atoms with Crippen LogP contribution in [0, 0.1) is 0 Å². The van der Waals surface area contributed by atoms with Crippen molar-refractivity contribution >= 4 is 8.32 Å². The van der Waals surface area contributed by atoms with E-state index in [9.17, 15) is 0 Å². The molecule has 5 heteroatoms. The molecule has 0 amide bonds. The van der Waals surface area contributed by atoms with Crippen LogP contribution in [0.1, 0.15) is 35.0 Å². The van der Waals surface area contributed by atoms with Crippen LogP contribution in [0.5, 0.6) is 0 Å². The molecule has 0 fully saturated rings. The summed E-state index contributed by atoms with van der Waals surface area (Å²) in [5, 5.41) is 4.97. The van der Waals surface area contributed by atoms with Crippen LogP contribution in [-0.4, -0.2) is 18.1 Å². The molecule has 0 aliphatic carbocycles. The predicted octanol–water partition coefficient (Wildman–Crippen LogP) is 5.50. The molecule has 4 nitrogen and oxygen atoms in total. The Hall–Kier alpha value is -3.02. The van der Waals surface area contributed by atoms with Gasteiger partial charge >= 0.3 is 0 Å². The molecule has 0 N–H and O–H groups in total. The third kappa shape index (κ3) is 4.31. The zero-order valence-electron chi connectivity index (χ0n) is 19.7. The molecule has 0 saturated heterocycles. The second kappa shape index (κ2) is 8.73. The lowest BCUT2D eigenvalue weighted by atomic mass is 9.79. The van der Waals surface area contributed by atoms with Crippen molar-refractivity contribution in [2.45, 2.75) is 50.7 Å². The van der Waals surface area contributed by atoms with E-state index in [0.29, 0.717) is 0 Å². The number of fused-ring (bicyclic) bond motifs is 1. The molecule has 0 unspecified atom stereocenters. The van der Waals surface area contributed by atoms with E-state index in [2.05, 4.69) is 126 Å². The van der Waals surface area contributed by atoms with Gasteiger partial charge in [0.2, 0.25) is 6.33 Å². The summed E-state index contributed by atoms with van der Waals surface area (Å²) in [5.74, 6) is 1.13. The number of aryl methyl sites for hydroxylation is 1. The number of hydrogen-bond acceptors (Lipinski definition) is 2. The minimum absolute atomic E-state index is 0.133. The Balaban J connectivity index is 1.64. The number of aromatic nitrogens is 3. The lowest BCUT2D eigenvalue weighted by molar-refractivity contribution is -0.730. The molecule has 2 heterocycles. The normalized spacial score (nSPS) is 16.0. The summed E-state index contributed by atoms with van der Waals surface area (Å²) in [6, 6.07) is 32.2. The average Bonchev–Trinajstić information content (AvgIpc) is 3.39. The fourth-order valence-electron chi connectivity index (χ4n) is 5.12. The molecular weight excluding hydrogens is 422 g/mol. The third-order valence-electron chi connectivity index (χ3n) is 6.31. The molecule has 0 radical (unpaired) electrons. The molecule has 33 heavy (non-hydrogen) atoms. The summed E-state index contributed by atoms with van der Waals surface area (Å²) in [4.78, 5) is 0. The second-order valence-electron chi connectivity index (χ2n) is 9.86. The van der Waals surface area contributed by atoms with Gasteiger partial charge in [0.25, 0.3) is 5.82 Å². The molecule has 5 rings (SSSR count). The van der Waals surface area contributed by atoms with E-state index < -0.39 is 13.9 Å². The van der Waals surface area contributed by atoms with Gasteiger partial charge in [-0.1, -0.05) is 91.0 Å². The summed E-state index contributed by atoms with van der Waals surface area (Å²) in [7, 11) is -1.94. The molecule has 4 aromatic rings. The zero-order valence-corrected chi connectivity index (χ0v) is 20.7. The van der Waals surface area contributed by atoms with E-state index in [1.54, 1.807) is 0 Å². The van der Waals surface area contributed by atoms with Crippen molar-refractivity contribution in [3.63, 3.8) is 0 Å². The van der Waals surface area contributed by atoms with Crippen molar-refractivity contribution in [2.75, 3.05) is 0 Å². The van der Waals surface area contributed by atoms with Crippen LogP contribution in [0.2, 0.25) is 19.6 Å². The maximum atomic E-state index is 7.25. The molecule has 0 bridgehead atoms. The maximum Gasteiger partial charge on any atom is 0.277 e. The Morgan fingerprint density at radius 2 is 1.42 bits per heavy atom. The molecule has 1 aromatic heterocycles. The first kappa shape index (κ1) is 21.8. The van der Waals surface area contributed by atoms with Gasteiger partial charge < -0.3 is 4.43 Å². The number of nitrogens with zero attached hydrogens (tertiary/aromatic N) is 3. The fourth-order valence-corrected chi connectivity index (χ4v) is 6.46.